The highest BCUT2D eigenvalue weighted by atomic mass is 32.2. The van der Waals surface area contributed by atoms with Gasteiger partial charge in [-0.2, -0.15) is 4.40 Å². The Kier molecular flexibility index (Phi) is 8.35. The van der Waals surface area contributed by atoms with Crippen LogP contribution < -0.4 is 0 Å². The van der Waals surface area contributed by atoms with Crippen LogP contribution in [0.25, 0.3) is 0 Å². The van der Waals surface area contributed by atoms with Crippen molar-refractivity contribution in [1.82, 2.24) is 0 Å². The molecule has 2 aliphatic rings. The number of benzene rings is 2. The van der Waals surface area contributed by atoms with Crippen LogP contribution in [0.3, 0.4) is 0 Å². The zero-order valence-corrected chi connectivity index (χ0v) is 19.7. The minimum absolute atomic E-state index is 0.0129. The second kappa shape index (κ2) is 11.4. The quantitative estimate of drug-likeness (QED) is 0.277. The van der Waals surface area contributed by atoms with Gasteiger partial charge >= 0.3 is 0 Å². The summed E-state index contributed by atoms with van der Waals surface area (Å²) < 4.78 is 24.1. The van der Waals surface area contributed by atoms with Crippen molar-refractivity contribution in [2.24, 2.45) is 10.3 Å². The Balaban J connectivity index is 1.43. The van der Waals surface area contributed by atoms with Gasteiger partial charge in [-0.05, 0) is 42.0 Å². The highest BCUT2D eigenvalue weighted by Crippen LogP contribution is 2.32. The molecule has 160 valence electrons. The number of hydrogen-bond acceptors (Lipinski definition) is 5. The van der Waals surface area contributed by atoms with Crippen molar-refractivity contribution in [3.8, 4) is 0 Å². The Morgan fingerprint density at radius 1 is 1.03 bits per heavy atom. The molecule has 1 aliphatic heterocycles. The van der Waals surface area contributed by atoms with Crippen molar-refractivity contribution in [1.29, 1.82) is 0 Å². The molecule has 0 aromatic heterocycles. The van der Waals surface area contributed by atoms with Crippen LogP contribution in [0, 0.1) is 5.92 Å². The maximum Gasteiger partial charge on any atom is 0.197 e. The molecule has 0 saturated heterocycles. The summed E-state index contributed by atoms with van der Waals surface area (Å²) in [5.74, 6) is 2.89. The molecule has 2 unspecified atom stereocenters. The summed E-state index contributed by atoms with van der Waals surface area (Å²) in [5.41, 5.74) is 2.52. The molecule has 0 spiro atoms. The molecule has 3 nitrogen and oxygen atoms in total. The standard InChI is InChI=1S/C24H29NO2S3/c26-30-18-21-12-8-7-11-20(21)17-28-24(30)15-23(25-29-22-13-5-2-6-14-22)27-16-19-9-3-1-4-10-19/h2,5-8,11-14,19,24H,1,3-4,9-10,15-18H2. The van der Waals surface area contributed by atoms with E-state index in [1.54, 1.807) is 11.8 Å². The van der Waals surface area contributed by atoms with Gasteiger partial charge in [-0.3, -0.25) is 4.21 Å². The third kappa shape index (κ3) is 6.38. The first-order valence-corrected chi connectivity index (χ1v) is 14.0. The van der Waals surface area contributed by atoms with Crippen molar-refractivity contribution in [2.75, 3.05) is 6.61 Å². The van der Waals surface area contributed by atoms with E-state index in [0.29, 0.717) is 18.1 Å². The average molecular weight is 460 g/mol. The molecule has 1 aliphatic carbocycles. The first-order chi connectivity index (χ1) is 14.8. The maximum atomic E-state index is 13.1. The van der Waals surface area contributed by atoms with Gasteiger partial charge < -0.3 is 4.74 Å². The molecule has 2 aromatic carbocycles. The predicted molar refractivity (Wildman–Crippen MR) is 130 cm³/mol. The number of fused-ring (bicyclic) bond motifs is 1. The van der Waals surface area contributed by atoms with Gasteiger partial charge in [-0.25, -0.2) is 0 Å². The van der Waals surface area contributed by atoms with Gasteiger partial charge in [0.1, 0.15) is 0 Å². The topological polar surface area (TPSA) is 38.7 Å². The molecule has 30 heavy (non-hydrogen) atoms. The highest BCUT2D eigenvalue weighted by molar-refractivity contribution is 8.10. The zero-order chi connectivity index (χ0) is 20.6. The number of nitrogens with zero attached hydrogens (tertiary/aromatic N) is 1. The Morgan fingerprint density at radius 2 is 1.77 bits per heavy atom. The van der Waals surface area contributed by atoms with Crippen LogP contribution >= 0.6 is 23.7 Å². The van der Waals surface area contributed by atoms with Crippen molar-refractivity contribution in [3.63, 3.8) is 0 Å². The largest absolute Gasteiger partial charge is 0.480 e. The Morgan fingerprint density at radius 3 is 2.57 bits per heavy atom. The SMILES string of the molecule is O=S1Cc2ccccc2CSC1CC(=NSc1ccccc1)OCC1CCCCC1. The minimum Gasteiger partial charge on any atom is -0.480 e. The molecule has 1 heterocycles. The fourth-order valence-electron chi connectivity index (χ4n) is 3.91. The van der Waals surface area contributed by atoms with Gasteiger partial charge in [0, 0.05) is 45.6 Å². The molecule has 0 bridgehead atoms. The third-order valence-electron chi connectivity index (χ3n) is 5.68. The van der Waals surface area contributed by atoms with Crippen LogP contribution in [0.5, 0.6) is 0 Å². The molecule has 4 rings (SSSR count). The van der Waals surface area contributed by atoms with Crippen molar-refractivity contribution < 1.29 is 8.95 Å². The third-order valence-corrected chi connectivity index (χ3v) is 9.88. The molecule has 1 saturated carbocycles. The molecule has 0 N–H and O–H groups in total. The van der Waals surface area contributed by atoms with Gasteiger partial charge in [0.15, 0.2) is 5.90 Å². The molecule has 2 aromatic rings. The molecule has 2 atom stereocenters. The fraction of sp³-hybridized carbons (Fsp3) is 0.458. The minimum atomic E-state index is -0.941. The van der Waals surface area contributed by atoms with Gasteiger partial charge in [0.2, 0.25) is 0 Å². The number of hydrogen-bond donors (Lipinski definition) is 0. The number of thioether (sulfide) groups is 1. The molecule has 0 amide bonds. The highest BCUT2D eigenvalue weighted by Gasteiger charge is 2.26. The lowest BCUT2D eigenvalue weighted by Gasteiger charge is -2.23. The zero-order valence-electron chi connectivity index (χ0n) is 17.2. The fourth-order valence-corrected chi connectivity index (χ4v) is 7.55. The molecule has 1 fully saturated rings. The summed E-state index contributed by atoms with van der Waals surface area (Å²) in [4.78, 5) is 1.10. The average Bonchev–Trinajstić information content (AvgIpc) is 2.95. The predicted octanol–water partition coefficient (Wildman–Crippen LogP) is 6.60. The van der Waals surface area contributed by atoms with Crippen LogP contribution in [0.2, 0.25) is 0 Å². The Hall–Kier alpha value is -1.24. The van der Waals surface area contributed by atoms with E-state index in [0.717, 1.165) is 23.2 Å². The van der Waals surface area contributed by atoms with E-state index in [2.05, 4.69) is 30.3 Å². The normalized spacial score (nSPS) is 22.9. The van der Waals surface area contributed by atoms with E-state index >= 15 is 0 Å². The maximum absolute atomic E-state index is 13.1. The van der Waals surface area contributed by atoms with Crippen LogP contribution in [0.1, 0.15) is 49.7 Å². The van der Waals surface area contributed by atoms with E-state index in [9.17, 15) is 4.21 Å². The van der Waals surface area contributed by atoms with Gasteiger partial charge in [0.25, 0.3) is 0 Å². The first kappa shape index (κ1) is 22.0. The van der Waals surface area contributed by atoms with Crippen molar-refractivity contribution in [3.05, 3.63) is 65.7 Å². The monoisotopic (exact) mass is 459 g/mol. The van der Waals surface area contributed by atoms with E-state index in [1.807, 2.05) is 24.3 Å². The van der Waals surface area contributed by atoms with Crippen LogP contribution in [0.15, 0.2) is 63.9 Å². The first-order valence-electron chi connectivity index (χ1n) is 10.8. The summed E-state index contributed by atoms with van der Waals surface area (Å²) in [6, 6.07) is 18.5. The van der Waals surface area contributed by atoms with E-state index in [1.165, 1.54) is 55.2 Å². The lowest BCUT2D eigenvalue weighted by Crippen LogP contribution is -2.21. The lowest BCUT2D eigenvalue weighted by atomic mass is 9.90. The second-order valence-corrected chi connectivity index (χ2v) is 11.9. The molecular weight excluding hydrogens is 430 g/mol. The van der Waals surface area contributed by atoms with Gasteiger partial charge in [0.05, 0.1) is 11.2 Å². The van der Waals surface area contributed by atoms with E-state index in [4.69, 9.17) is 9.13 Å². The van der Waals surface area contributed by atoms with Crippen LogP contribution in [0.4, 0.5) is 0 Å². The van der Waals surface area contributed by atoms with Crippen molar-refractivity contribution >= 4 is 40.4 Å². The second-order valence-electron chi connectivity index (χ2n) is 7.94. The number of ether oxygens (including phenoxy) is 1. The molecule has 6 heteroatoms. The molecule has 0 radical (unpaired) electrons. The summed E-state index contributed by atoms with van der Waals surface area (Å²) in [6.45, 7) is 0.735. The lowest BCUT2D eigenvalue weighted by molar-refractivity contribution is 0.196. The summed E-state index contributed by atoms with van der Waals surface area (Å²) >= 11 is 3.23. The smallest absolute Gasteiger partial charge is 0.197 e. The Bertz CT molecular complexity index is 866. The van der Waals surface area contributed by atoms with Crippen molar-refractivity contribution in [2.45, 2.75) is 59.5 Å². The summed E-state index contributed by atoms with van der Waals surface area (Å²) in [5, 5.41) is 0. The van der Waals surface area contributed by atoms with E-state index < -0.39 is 10.8 Å². The van der Waals surface area contributed by atoms with Crippen LogP contribution in [-0.4, -0.2) is 21.3 Å². The number of rotatable bonds is 6. The summed E-state index contributed by atoms with van der Waals surface area (Å²) in [6.07, 6.45) is 7.08. The van der Waals surface area contributed by atoms with Gasteiger partial charge in [-0.15, -0.1) is 11.8 Å². The molecular formula is C24H29NO2S3. The Labute approximate surface area is 191 Å². The van der Waals surface area contributed by atoms with Gasteiger partial charge in [-0.1, -0.05) is 61.7 Å². The van der Waals surface area contributed by atoms with E-state index in [-0.39, 0.29) is 4.58 Å². The summed E-state index contributed by atoms with van der Waals surface area (Å²) in [7, 11) is -0.941. The van der Waals surface area contributed by atoms with Crippen LogP contribution in [-0.2, 0) is 27.0 Å².